The van der Waals surface area contributed by atoms with Gasteiger partial charge in [0.25, 0.3) is 0 Å². The average molecular weight is 226 g/mol. The second-order valence-electron chi connectivity index (χ2n) is 4.52. The molecule has 1 fully saturated rings. The summed E-state index contributed by atoms with van der Waals surface area (Å²) in [5.74, 6) is -1.17. The van der Waals surface area contributed by atoms with E-state index in [-0.39, 0.29) is 30.2 Å². The van der Waals surface area contributed by atoms with Crippen LogP contribution in [0.3, 0.4) is 0 Å². The molecule has 2 unspecified atom stereocenters. The van der Waals surface area contributed by atoms with Crippen LogP contribution in [0.4, 0.5) is 0 Å². The zero-order valence-corrected chi connectivity index (χ0v) is 9.57. The molecule has 1 N–H and O–H groups in total. The van der Waals surface area contributed by atoms with Gasteiger partial charge in [0, 0.05) is 5.92 Å². The van der Waals surface area contributed by atoms with Crippen LogP contribution in [0.15, 0.2) is 0 Å². The lowest BCUT2D eigenvalue weighted by Crippen LogP contribution is -2.32. The summed E-state index contributed by atoms with van der Waals surface area (Å²) >= 11 is 0. The summed E-state index contributed by atoms with van der Waals surface area (Å²) in [6, 6.07) is 0. The van der Waals surface area contributed by atoms with Crippen LogP contribution in [0, 0.1) is 5.92 Å². The molecule has 16 heavy (non-hydrogen) atoms. The molecular weight excluding hydrogens is 208 g/mol. The van der Waals surface area contributed by atoms with Crippen molar-refractivity contribution in [3.63, 3.8) is 0 Å². The fourth-order valence-corrected chi connectivity index (χ4v) is 2.15. The maximum atomic E-state index is 11.7. The third kappa shape index (κ3) is 3.85. The average Bonchev–Trinajstić information content (AvgIpc) is 2.16. The van der Waals surface area contributed by atoms with Crippen LogP contribution in [0.25, 0.3) is 0 Å². The second-order valence-corrected chi connectivity index (χ2v) is 4.52. The Bertz CT molecular complexity index is 295. The van der Waals surface area contributed by atoms with Crippen LogP contribution < -0.4 is 0 Å². The standard InChI is InChI=1S/C12H18O4/c1-8(13)6-9(14)7-12(16)10-4-2-3-5-11(10)15/h10-11,15H,2-7H2,1H3. The van der Waals surface area contributed by atoms with E-state index < -0.39 is 12.0 Å². The fourth-order valence-electron chi connectivity index (χ4n) is 2.15. The summed E-state index contributed by atoms with van der Waals surface area (Å²) in [6.07, 6.45) is 2.17. The number of hydrogen-bond acceptors (Lipinski definition) is 4. The number of Topliss-reactive ketones (excluding diaryl/α,β-unsaturated/α-hetero) is 3. The molecule has 0 spiro atoms. The van der Waals surface area contributed by atoms with Gasteiger partial charge in [-0.3, -0.25) is 14.4 Å². The van der Waals surface area contributed by atoms with Crippen molar-refractivity contribution >= 4 is 17.3 Å². The zero-order chi connectivity index (χ0) is 12.1. The van der Waals surface area contributed by atoms with Crippen LogP contribution in [-0.4, -0.2) is 28.6 Å². The molecule has 0 aromatic heterocycles. The molecule has 1 rings (SSSR count). The van der Waals surface area contributed by atoms with Crippen molar-refractivity contribution in [3.05, 3.63) is 0 Å². The Morgan fingerprint density at radius 3 is 2.31 bits per heavy atom. The summed E-state index contributed by atoms with van der Waals surface area (Å²) < 4.78 is 0. The Kier molecular flexibility index (Phi) is 4.80. The van der Waals surface area contributed by atoms with Crippen LogP contribution in [0.5, 0.6) is 0 Å². The Morgan fingerprint density at radius 1 is 1.12 bits per heavy atom. The van der Waals surface area contributed by atoms with E-state index in [1.54, 1.807) is 0 Å². The summed E-state index contributed by atoms with van der Waals surface area (Å²) in [7, 11) is 0. The van der Waals surface area contributed by atoms with Crippen LogP contribution in [0.2, 0.25) is 0 Å². The lowest BCUT2D eigenvalue weighted by molar-refractivity contribution is -0.133. The van der Waals surface area contributed by atoms with Gasteiger partial charge in [-0.25, -0.2) is 0 Å². The Labute approximate surface area is 95.0 Å². The molecule has 90 valence electrons. The van der Waals surface area contributed by atoms with Gasteiger partial charge < -0.3 is 5.11 Å². The van der Waals surface area contributed by atoms with Gasteiger partial charge in [0.2, 0.25) is 0 Å². The molecule has 4 nitrogen and oxygen atoms in total. The van der Waals surface area contributed by atoms with E-state index in [9.17, 15) is 19.5 Å². The topological polar surface area (TPSA) is 71.4 Å². The molecule has 0 heterocycles. The van der Waals surface area contributed by atoms with Crippen molar-refractivity contribution in [1.29, 1.82) is 0 Å². The number of rotatable bonds is 5. The maximum absolute atomic E-state index is 11.7. The SMILES string of the molecule is CC(=O)CC(=O)CC(=O)C1CCCCC1O. The number of carbonyl (C=O) groups excluding carboxylic acids is 3. The van der Waals surface area contributed by atoms with Crippen molar-refractivity contribution in [3.8, 4) is 0 Å². The van der Waals surface area contributed by atoms with Crippen molar-refractivity contribution < 1.29 is 19.5 Å². The largest absolute Gasteiger partial charge is 0.392 e. The van der Waals surface area contributed by atoms with Crippen molar-refractivity contribution in [2.24, 2.45) is 5.92 Å². The number of carbonyl (C=O) groups is 3. The van der Waals surface area contributed by atoms with E-state index in [1.165, 1.54) is 6.92 Å². The summed E-state index contributed by atoms with van der Waals surface area (Å²) in [4.78, 5) is 33.7. The van der Waals surface area contributed by atoms with Gasteiger partial charge >= 0.3 is 0 Å². The zero-order valence-electron chi connectivity index (χ0n) is 9.57. The molecule has 1 saturated carbocycles. The molecule has 2 atom stereocenters. The first kappa shape index (κ1) is 13.0. The third-order valence-corrected chi connectivity index (χ3v) is 2.96. The molecule has 0 aromatic carbocycles. The number of hydrogen-bond donors (Lipinski definition) is 1. The van der Waals surface area contributed by atoms with Gasteiger partial charge in [-0.2, -0.15) is 0 Å². The van der Waals surface area contributed by atoms with Gasteiger partial charge in [-0.15, -0.1) is 0 Å². The number of aliphatic hydroxyl groups is 1. The first-order valence-electron chi connectivity index (χ1n) is 5.72. The third-order valence-electron chi connectivity index (χ3n) is 2.96. The van der Waals surface area contributed by atoms with Gasteiger partial charge in [-0.1, -0.05) is 12.8 Å². The quantitative estimate of drug-likeness (QED) is 0.711. The monoisotopic (exact) mass is 226 g/mol. The van der Waals surface area contributed by atoms with Crippen molar-refractivity contribution in [2.45, 2.75) is 51.6 Å². The van der Waals surface area contributed by atoms with E-state index in [0.29, 0.717) is 12.8 Å². The van der Waals surface area contributed by atoms with Gasteiger partial charge in [0.1, 0.15) is 17.3 Å². The molecular formula is C12H18O4. The highest BCUT2D eigenvalue weighted by molar-refractivity contribution is 6.07. The summed E-state index contributed by atoms with van der Waals surface area (Å²) in [5, 5.41) is 9.64. The Morgan fingerprint density at radius 2 is 1.75 bits per heavy atom. The minimum Gasteiger partial charge on any atom is -0.392 e. The molecule has 0 bridgehead atoms. The lowest BCUT2D eigenvalue weighted by Gasteiger charge is -2.26. The Hall–Kier alpha value is -1.03. The van der Waals surface area contributed by atoms with Gasteiger partial charge in [0.05, 0.1) is 18.9 Å². The molecule has 1 aliphatic carbocycles. The van der Waals surface area contributed by atoms with E-state index in [4.69, 9.17) is 0 Å². The van der Waals surface area contributed by atoms with Crippen LogP contribution >= 0.6 is 0 Å². The highest BCUT2D eigenvalue weighted by Gasteiger charge is 2.30. The fraction of sp³-hybridized carbons (Fsp3) is 0.750. The minimum atomic E-state index is -0.605. The molecule has 0 aromatic rings. The molecule has 0 amide bonds. The highest BCUT2D eigenvalue weighted by Crippen LogP contribution is 2.26. The van der Waals surface area contributed by atoms with Crippen molar-refractivity contribution in [1.82, 2.24) is 0 Å². The molecule has 1 aliphatic rings. The molecule has 0 radical (unpaired) electrons. The molecule has 4 heteroatoms. The first-order chi connectivity index (χ1) is 7.50. The van der Waals surface area contributed by atoms with E-state index in [2.05, 4.69) is 0 Å². The van der Waals surface area contributed by atoms with Gasteiger partial charge in [0.15, 0.2) is 0 Å². The van der Waals surface area contributed by atoms with Gasteiger partial charge in [-0.05, 0) is 19.8 Å². The first-order valence-corrected chi connectivity index (χ1v) is 5.72. The lowest BCUT2D eigenvalue weighted by atomic mass is 9.82. The van der Waals surface area contributed by atoms with Crippen LogP contribution in [-0.2, 0) is 14.4 Å². The van der Waals surface area contributed by atoms with E-state index in [1.807, 2.05) is 0 Å². The maximum Gasteiger partial charge on any atom is 0.147 e. The van der Waals surface area contributed by atoms with Crippen LogP contribution in [0.1, 0.15) is 45.4 Å². The van der Waals surface area contributed by atoms with E-state index >= 15 is 0 Å². The second kappa shape index (κ2) is 5.89. The minimum absolute atomic E-state index is 0.172. The summed E-state index contributed by atoms with van der Waals surface area (Å²) in [5.41, 5.74) is 0. The van der Waals surface area contributed by atoms with E-state index in [0.717, 1.165) is 12.8 Å². The summed E-state index contributed by atoms with van der Waals surface area (Å²) in [6.45, 7) is 1.33. The number of aliphatic hydroxyl groups excluding tert-OH is 1. The predicted molar refractivity (Wildman–Crippen MR) is 57.9 cm³/mol. The molecule has 0 aliphatic heterocycles. The highest BCUT2D eigenvalue weighted by atomic mass is 16.3. The predicted octanol–water partition coefficient (Wildman–Crippen LogP) is 1.04. The number of ketones is 3. The Balaban J connectivity index is 2.44. The molecule has 0 saturated heterocycles. The normalized spacial score (nSPS) is 25.1. The van der Waals surface area contributed by atoms with Crippen molar-refractivity contribution in [2.75, 3.05) is 0 Å². The smallest absolute Gasteiger partial charge is 0.147 e.